The molecule has 1 aliphatic rings. The van der Waals surface area contributed by atoms with E-state index in [2.05, 4.69) is 4.98 Å². The molecule has 2 aromatic rings. The highest BCUT2D eigenvalue weighted by atomic mass is 35.5. The summed E-state index contributed by atoms with van der Waals surface area (Å²) in [6.45, 7) is 0.956. The van der Waals surface area contributed by atoms with E-state index in [4.69, 9.17) is 16.7 Å². The van der Waals surface area contributed by atoms with Gasteiger partial charge in [0.05, 0.1) is 5.92 Å². The molecule has 0 saturated carbocycles. The van der Waals surface area contributed by atoms with Gasteiger partial charge in [0.25, 0.3) is 5.91 Å². The number of likely N-dealkylation sites (tertiary alicyclic amines) is 1. The lowest BCUT2D eigenvalue weighted by Crippen LogP contribution is -2.40. The fraction of sp³-hybridized carbons (Fsp3) is 0.333. The van der Waals surface area contributed by atoms with Crippen LogP contribution < -0.4 is 0 Å². The van der Waals surface area contributed by atoms with Crippen molar-refractivity contribution in [1.29, 1.82) is 0 Å². The van der Waals surface area contributed by atoms with Crippen LogP contribution in [0.25, 0.3) is 10.9 Å². The average molecular weight is 307 g/mol. The smallest absolute Gasteiger partial charge is 0.306 e. The number of carboxylic acid groups (broad SMARTS) is 1. The van der Waals surface area contributed by atoms with Gasteiger partial charge in [0, 0.05) is 29.0 Å². The van der Waals surface area contributed by atoms with Gasteiger partial charge < -0.3 is 15.0 Å². The predicted molar refractivity (Wildman–Crippen MR) is 79.6 cm³/mol. The maximum Gasteiger partial charge on any atom is 0.306 e. The Morgan fingerprint density at radius 1 is 1.24 bits per heavy atom. The Morgan fingerprint density at radius 2 is 1.95 bits per heavy atom. The Labute approximate surface area is 126 Å². The second kappa shape index (κ2) is 5.41. The number of aromatic nitrogens is 1. The summed E-state index contributed by atoms with van der Waals surface area (Å²) in [6.07, 6.45) is 1.01. The minimum absolute atomic E-state index is 0.0915. The first-order valence-electron chi connectivity index (χ1n) is 6.85. The molecule has 21 heavy (non-hydrogen) atoms. The lowest BCUT2D eigenvalue weighted by molar-refractivity contribution is -0.143. The summed E-state index contributed by atoms with van der Waals surface area (Å²) in [7, 11) is 0. The Balaban J connectivity index is 1.76. The van der Waals surface area contributed by atoms with Crippen LogP contribution in [0.1, 0.15) is 23.3 Å². The normalized spacial score (nSPS) is 16.3. The Bertz CT molecular complexity index is 702. The molecule has 0 atom stereocenters. The molecule has 1 aliphatic heterocycles. The monoisotopic (exact) mass is 306 g/mol. The van der Waals surface area contributed by atoms with Gasteiger partial charge in [-0.1, -0.05) is 11.6 Å². The number of carboxylic acids is 1. The summed E-state index contributed by atoms with van der Waals surface area (Å²) < 4.78 is 0. The van der Waals surface area contributed by atoms with Crippen molar-refractivity contribution in [2.24, 2.45) is 5.92 Å². The minimum Gasteiger partial charge on any atom is -0.481 e. The highest BCUT2D eigenvalue weighted by Crippen LogP contribution is 2.23. The number of nitrogens with one attached hydrogen (secondary N) is 1. The molecule has 1 aromatic heterocycles. The molecule has 1 amide bonds. The Kier molecular flexibility index (Phi) is 3.59. The topological polar surface area (TPSA) is 73.4 Å². The number of H-pyrrole nitrogens is 1. The average Bonchev–Trinajstić information content (AvgIpc) is 2.89. The van der Waals surface area contributed by atoms with Crippen LogP contribution in [0.3, 0.4) is 0 Å². The highest BCUT2D eigenvalue weighted by molar-refractivity contribution is 6.31. The molecule has 110 valence electrons. The highest BCUT2D eigenvalue weighted by Gasteiger charge is 2.28. The molecule has 3 rings (SSSR count). The number of amides is 1. The van der Waals surface area contributed by atoms with Crippen molar-refractivity contribution in [2.75, 3.05) is 13.1 Å². The molecule has 2 heterocycles. The minimum atomic E-state index is -0.776. The third-order valence-electron chi connectivity index (χ3n) is 3.94. The Morgan fingerprint density at radius 3 is 2.62 bits per heavy atom. The second-order valence-electron chi connectivity index (χ2n) is 5.32. The van der Waals surface area contributed by atoms with E-state index < -0.39 is 5.97 Å². The molecule has 5 nitrogen and oxygen atoms in total. The van der Waals surface area contributed by atoms with Crippen molar-refractivity contribution in [3.8, 4) is 0 Å². The second-order valence-corrected chi connectivity index (χ2v) is 5.76. The number of carbonyl (C=O) groups is 2. The molecular formula is C15H15ClN2O3. The van der Waals surface area contributed by atoms with Gasteiger partial charge in [0.15, 0.2) is 0 Å². The summed E-state index contributed by atoms with van der Waals surface area (Å²) in [4.78, 5) is 28.2. The van der Waals surface area contributed by atoms with E-state index in [1.165, 1.54) is 0 Å². The van der Waals surface area contributed by atoms with E-state index in [0.717, 1.165) is 10.9 Å². The lowest BCUT2D eigenvalue weighted by Gasteiger charge is -2.29. The van der Waals surface area contributed by atoms with Crippen LogP contribution in [-0.4, -0.2) is 40.0 Å². The largest absolute Gasteiger partial charge is 0.481 e. The first kappa shape index (κ1) is 13.9. The van der Waals surface area contributed by atoms with Crippen LogP contribution in [-0.2, 0) is 4.79 Å². The van der Waals surface area contributed by atoms with Gasteiger partial charge in [-0.15, -0.1) is 0 Å². The zero-order valence-corrected chi connectivity index (χ0v) is 12.1. The van der Waals surface area contributed by atoms with Crippen molar-refractivity contribution in [3.63, 3.8) is 0 Å². The molecule has 1 fully saturated rings. The lowest BCUT2D eigenvalue weighted by atomic mass is 9.97. The first-order chi connectivity index (χ1) is 10.0. The number of carbonyl (C=O) groups excluding carboxylic acids is 1. The summed E-state index contributed by atoms with van der Waals surface area (Å²) in [5, 5.41) is 10.5. The molecular weight excluding hydrogens is 292 g/mol. The van der Waals surface area contributed by atoms with Crippen LogP contribution in [0.5, 0.6) is 0 Å². The molecule has 1 saturated heterocycles. The van der Waals surface area contributed by atoms with Gasteiger partial charge in [-0.05, 0) is 37.1 Å². The van der Waals surface area contributed by atoms with Crippen LogP contribution in [0.2, 0.25) is 5.02 Å². The first-order valence-corrected chi connectivity index (χ1v) is 7.23. The summed E-state index contributed by atoms with van der Waals surface area (Å²) in [5.74, 6) is -1.20. The maximum atomic E-state index is 12.4. The standard InChI is InChI=1S/C15H15ClN2O3/c16-11-1-2-12-10(7-11)8-13(17-12)14(19)18-5-3-9(4-6-18)15(20)21/h1-2,7-9,17H,3-6H2,(H,20,21). The number of fused-ring (bicyclic) bond motifs is 1. The number of benzene rings is 1. The fourth-order valence-electron chi connectivity index (χ4n) is 2.72. The van der Waals surface area contributed by atoms with Gasteiger partial charge in [-0.25, -0.2) is 0 Å². The van der Waals surface area contributed by atoms with Crippen LogP contribution in [0, 0.1) is 5.92 Å². The summed E-state index contributed by atoms with van der Waals surface area (Å²) in [5.41, 5.74) is 1.38. The Hall–Kier alpha value is -2.01. The third-order valence-corrected chi connectivity index (χ3v) is 4.18. The molecule has 0 bridgehead atoms. The number of aliphatic carboxylic acids is 1. The van der Waals surface area contributed by atoms with Gasteiger partial charge in [0.1, 0.15) is 5.69 Å². The number of piperidine rings is 1. The van der Waals surface area contributed by atoms with Gasteiger partial charge in [-0.2, -0.15) is 0 Å². The van der Waals surface area contributed by atoms with E-state index >= 15 is 0 Å². The molecule has 6 heteroatoms. The quantitative estimate of drug-likeness (QED) is 0.896. The third kappa shape index (κ3) is 2.74. The molecule has 0 aliphatic carbocycles. The zero-order valence-electron chi connectivity index (χ0n) is 11.3. The van der Waals surface area contributed by atoms with Gasteiger partial charge in [0.2, 0.25) is 0 Å². The molecule has 1 aromatic carbocycles. The van der Waals surface area contributed by atoms with E-state index in [1.807, 2.05) is 6.07 Å². The SMILES string of the molecule is O=C(O)C1CCN(C(=O)c2cc3cc(Cl)ccc3[nH]2)CC1. The van der Waals surface area contributed by atoms with Crippen LogP contribution in [0.15, 0.2) is 24.3 Å². The van der Waals surface area contributed by atoms with Crippen molar-refractivity contribution < 1.29 is 14.7 Å². The van der Waals surface area contributed by atoms with E-state index in [0.29, 0.717) is 36.6 Å². The predicted octanol–water partition coefficient (Wildman–Crippen LogP) is 2.76. The molecule has 0 spiro atoms. The number of hydrogen-bond acceptors (Lipinski definition) is 2. The van der Waals surface area contributed by atoms with E-state index in [-0.39, 0.29) is 11.8 Å². The van der Waals surface area contributed by atoms with Gasteiger partial charge >= 0.3 is 5.97 Å². The number of aromatic amines is 1. The van der Waals surface area contributed by atoms with Crippen LogP contribution >= 0.6 is 11.6 Å². The number of hydrogen-bond donors (Lipinski definition) is 2. The van der Waals surface area contributed by atoms with E-state index in [1.54, 1.807) is 23.1 Å². The van der Waals surface area contributed by atoms with Crippen molar-refractivity contribution in [2.45, 2.75) is 12.8 Å². The molecule has 0 unspecified atom stereocenters. The van der Waals surface area contributed by atoms with E-state index in [9.17, 15) is 9.59 Å². The molecule has 0 radical (unpaired) electrons. The number of halogens is 1. The fourth-order valence-corrected chi connectivity index (χ4v) is 2.90. The van der Waals surface area contributed by atoms with Crippen molar-refractivity contribution >= 4 is 34.4 Å². The maximum absolute atomic E-state index is 12.4. The molecule has 2 N–H and O–H groups in total. The summed E-state index contributed by atoms with van der Waals surface area (Å²) in [6, 6.07) is 7.20. The van der Waals surface area contributed by atoms with Gasteiger partial charge in [-0.3, -0.25) is 9.59 Å². The van der Waals surface area contributed by atoms with Crippen molar-refractivity contribution in [3.05, 3.63) is 35.0 Å². The van der Waals surface area contributed by atoms with Crippen LogP contribution in [0.4, 0.5) is 0 Å². The zero-order chi connectivity index (χ0) is 15.0. The summed E-state index contributed by atoms with van der Waals surface area (Å²) >= 11 is 5.94. The number of nitrogens with zero attached hydrogens (tertiary/aromatic N) is 1. The number of rotatable bonds is 2. The van der Waals surface area contributed by atoms with Crippen molar-refractivity contribution in [1.82, 2.24) is 9.88 Å².